The average molecular weight is 331 g/mol. The summed E-state index contributed by atoms with van der Waals surface area (Å²) in [5.74, 6) is 0.687. The van der Waals surface area contributed by atoms with Crippen LogP contribution in [0.5, 0.6) is 5.75 Å². The Hall–Kier alpha value is -2.34. The second kappa shape index (κ2) is 7.05. The summed E-state index contributed by atoms with van der Waals surface area (Å²) < 4.78 is 15.8. The zero-order chi connectivity index (χ0) is 17.1. The molecule has 1 aliphatic rings. The van der Waals surface area contributed by atoms with Gasteiger partial charge >= 0.3 is 5.63 Å². The quantitative estimate of drug-likeness (QED) is 0.801. The molecule has 0 spiro atoms. The van der Waals surface area contributed by atoms with Crippen LogP contribution in [0.4, 0.5) is 0 Å². The number of benzene rings is 1. The monoisotopic (exact) mass is 331 g/mol. The van der Waals surface area contributed by atoms with Crippen LogP contribution in [0.2, 0.25) is 0 Å². The van der Waals surface area contributed by atoms with Gasteiger partial charge in [-0.15, -0.1) is 0 Å². The van der Waals surface area contributed by atoms with E-state index in [1.807, 2.05) is 19.1 Å². The van der Waals surface area contributed by atoms with Crippen molar-refractivity contribution in [1.82, 2.24) is 4.90 Å². The Morgan fingerprint density at radius 2 is 2.04 bits per heavy atom. The molecule has 2 aromatic rings. The summed E-state index contributed by atoms with van der Waals surface area (Å²) in [6.07, 6.45) is 0.680. The van der Waals surface area contributed by atoms with Crippen LogP contribution in [0.3, 0.4) is 0 Å². The van der Waals surface area contributed by atoms with Gasteiger partial charge in [0.25, 0.3) is 0 Å². The van der Waals surface area contributed by atoms with E-state index in [0.717, 1.165) is 10.9 Å². The van der Waals surface area contributed by atoms with Crippen LogP contribution in [-0.4, -0.2) is 44.2 Å². The van der Waals surface area contributed by atoms with E-state index in [-0.39, 0.29) is 11.5 Å². The van der Waals surface area contributed by atoms with Crippen molar-refractivity contribution in [3.63, 3.8) is 0 Å². The van der Waals surface area contributed by atoms with Crippen molar-refractivity contribution in [1.29, 1.82) is 0 Å². The normalized spacial score (nSPS) is 14.8. The largest absolute Gasteiger partial charge is 0.497 e. The zero-order valence-corrected chi connectivity index (χ0v) is 14.0. The molecule has 0 saturated carbocycles. The lowest BCUT2D eigenvalue weighted by Gasteiger charge is -2.26. The van der Waals surface area contributed by atoms with Gasteiger partial charge in [0.2, 0.25) is 5.91 Å². The van der Waals surface area contributed by atoms with Crippen LogP contribution in [0.25, 0.3) is 11.0 Å². The lowest BCUT2D eigenvalue weighted by Crippen LogP contribution is -2.40. The van der Waals surface area contributed by atoms with Crippen molar-refractivity contribution in [2.24, 2.45) is 0 Å². The lowest BCUT2D eigenvalue weighted by molar-refractivity contribution is -0.135. The summed E-state index contributed by atoms with van der Waals surface area (Å²) in [4.78, 5) is 26.3. The van der Waals surface area contributed by atoms with Crippen molar-refractivity contribution in [3.05, 3.63) is 39.7 Å². The highest BCUT2D eigenvalue weighted by Crippen LogP contribution is 2.24. The third-order valence-corrected chi connectivity index (χ3v) is 4.45. The Kier molecular flexibility index (Phi) is 4.85. The molecule has 1 aromatic carbocycles. The molecule has 128 valence electrons. The van der Waals surface area contributed by atoms with Gasteiger partial charge in [0, 0.05) is 36.5 Å². The number of nitrogens with zero attached hydrogens (tertiary/aromatic N) is 1. The highest BCUT2D eigenvalue weighted by Gasteiger charge is 2.19. The molecule has 0 atom stereocenters. The highest BCUT2D eigenvalue weighted by atomic mass is 16.5. The van der Waals surface area contributed by atoms with Crippen LogP contribution < -0.4 is 10.4 Å². The number of aryl methyl sites for hydroxylation is 1. The van der Waals surface area contributed by atoms with Gasteiger partial charge in [0.05, 0.1) is 20.3 Å². The van der Waals surface area contributed by atoms with Gasteiger partial charge in [-0.25, -0.2) is 4.79 Å². The van der Waals surface area contributed by atoms with Crippen LogP contribution in [-0.2, 0) is 16.0 Å². The van der Waals surface area contributed by atoms with E-state index in [1.54, 1.807) is 18.1 Å². The number of amides is 1. The third-order valence-electron chi connectivity index (χ3n) is 4.45. The molecular weight excluding hydrogens is 310 g/mol. The maximum atomic E-state index is 12.3. The molecule has 1 amide bonds. The Morgan fingerprint density at radius 3 is 2.75 bits per heavy atom. The standard InChI is InChI=1S/C18H21NO5/c1-12-14-4-3-13(22-2)11-16(14)24-18(21)15(12)5-6-17(20)19-7-9-23-10-8-19/h3-4,11H,5-10H2,1-2H3. The van der Waals surface area contributed by atoms with E-state index in [4.69, 9.17) is 13.9 Å². The first kappa shape index (κ1) is 16.5. The number of morpholine rings is 1. The lowest BCUT2D eigenvalue weighted by atomic mass is 10.0. The van der Waals surface area contributed by atoms with Crippen LogP contribution in [0, 0.1) is 6.92 Å². The van der Waals surface area contributed by atoms with Crippen LogP contribution in [0.1, 0.15) is 17.5 Å². The van der Waals surface area contributed by atoms with Gasteiger partial charge in [-0.2, -0.15) is 0 Å². The first-order chi connectivity index (χ1) is 11.6. The number of rotatable bonds is 4. The highest BCUT2D eigenvalue weighted by molar-refractivity contribution is 5.82. The van der Waals surface area contributed by atoms with Gasteiger partial charge in [0.15, 0.2) is 0 Å². The first-order valence-corrected chi connectivity index (χ1v) is 8.06. The van der Waals surface area contributed by atoms with E-state index in [1.165, 1.54) is 0 Å². The summed E-state index contributed by atoms with van der Waals surface area (Å²) in [6, 6.07) is 5.41. The van der Waals surface area contributed by atoms with E-state index in [0.29, 0.717) is 56.0 Å². The topological polar surface area (TPSA) is 69.0 Å². The molecule has 6 heteroatoms. The molecule has 3 rings (SSSR count). The fraction of sp³-hybridized carbons (Fsp3) is 0.444. The number of hydrogen-bond donors (Lipinski definition) is 0. The number of ether oxygens (including phenoxy) is 2. The number of fused-ring (bicyclic) bond motifs is 1. The molecular formula is C18H21NO5. The first-order valence-electron chi connectivity index (χ1n) is 8.06. The fourth-order valence-corrected chi connectivity index (χ4v) is 2.99. The van der Waals surface area contributed by atoms with Crippen molar-refractivity contribution < 1.29 is 18.7 Å². The van der Waals surface area contributed by atoms with Gasteiger partial charge in [-0.3, -0.25) is 4.79 Å². The summed E-state index contributed by atoms with van der Waals surface area (Å²) in [6.45, 7) is 4.27. The molecule has 1 fully saturated rings. The van der Waals surface area contributed by atoms with Crippen molar-refractivity contribution in [2.45, 2.75) is 19.8 Å². The summed E-state index contributed by atoms with van der Waals surface area (Å²) in [5.41, 5.74) is 1.54. The molecule has 0 radical (unpaired) electrons. The van der Waals surface area contributed by atoms with Crippen molar-refractivity contribution in [2.75, 3.05) is 33.4 Å². The minimum Gasteiger partial charge on any atom is -0.497 e. The number of carbonyl (C=O) groups is 1. The Bertz CT molecular complexity index is 805. The minimum atomic E-state index is -0.386. The molecule has 2 heterocycles. The Labute approximate surface area is 140 Å². The Balaban J connectivity index is 1.81. The molecule has 1 aromatic heterocycles. The van der Waals surface area contributed by atoms with E-state index < -0.39 is 0 Å². The molecule has 0 unspecified atom stereocenters. The molecule has 0 bridgehead atoms. The molecule has 0 N–H and O–H groups in total. The number of carbonyl (C=O) groups excluding carboxylic acids is 1. The molecule has 0 aliphatic carbocycles. The number of methoxy groups -OCH3 is 1. The Morgan fingerprint density at radius 1 is 1.29 bits per heavy atom. The minimum absolute atomic E-state index is 0.0481. The third kappa shape index (κ3) is 3.28. The van der Waals surface area contributed by atoms with Crippen LogP contribution >= 0.6 is 0 Å². The van der Waals surface area contributed by atoms with Gasteiger partial charge < -0.3 is 18.8 Å². The summed E-state index contributed by atoms with van der Waals surface area (Å²) in [5, 5.41) is 0.865. The predicted octanol–water partition coefficient (Wildman–Crippen LogP) is 1.90. The molecule has 6 nitrogen and oxygen atoms in total. The maximum Gasteiger partial charge on any atom is 0.339 e. The summed E-state index contributed by atoms with van der Waals surface area (Å²) >= 11 is 0. The SMILES string of the molecule is COc1ccc2c(C)c(CCC(=O)N3CCOCC3)c(=O)oc2c1. The maximum absolute atomic E-state index is 12.3. The van der Waals surface area contributed by atoms with Crippen molar-refractivity contribution >= 4 is 16.9 Å². The fourth-order valence-electron chi connectivity index (χ4n) is 2.99. The van der Waals surface area contributed by atoms with E-state index in [9.17, 15) is 9.59 Å². The van der Waals surface area contributed by atoms with E-state index in [2.05, 4.69) is 0 Å². The molecule has 1 saturated heterocycles. The second-order valence-corrected chi connectivity index (χ2v) is 5.85. The van der Waals surface area contributed by atoms with E-state index >= 15 is 0 Å². The van der Waals surface area contributed by atoms with Crippen LogP contribution in [0.15, 0.2) is 27.4 Å². The second-order valence-electron chi connectivity index (χ2n) is 5.85. The molecule has 24 heavy (non-hydrogen) atoms. The van der Waals surface area contributed by atoms with Gasteiger partial charge in [-0.1, -0.05) is 0 Å². The smallest absolute Gasteiger partial charge is 0.339 e. The summed E-state index contributed by atoms with van der Waals surface area (Å²) in [7, 11) is 1.57. The van der Waals surface area contributed by atoms with Crippen molar-refractivity contribution in [3.8, 4) is 5.75 Å². The number of hydrogen-bond acceptors (Lipinski definition) is 5. The predicted molar refractivity (Wildman–Crippen MR) is 89.5 cm³/mol. The van der Waals surface area contributed by atoms with Gasteiger partial charge in [0.1, 0.15) is 11.3 Å². The zero-order valence-electron chi connectivity index (χ0n) is 14.0. The molecule has 1 aliphatic heterocycles. The average Bonchev–Trinajstić information content (AvgIpc) is 2.61. The van der Waals surface area contributed by atoms with Gasteiger partial charge in [-0.05, 0) is 31.0 Å².